The minimum Gasteiger partial charge on any atom is -0.378 e. The lowest BCUT2D eigenvalue weighted by Crippen LogP contribution is -2.13. The first-order valence-electron chi connectivity index (χ1n) is 8.02. The Bertz CT molecular complexity index is 955. The molecule has 26 heavy (non-hydrogen) atoms. The summed E-state index contributed by atoms with van der Waals surface area (Å²) in [6, 6.07) is 19.6. The molecule has 0 atom stereocenters. The molecule has 3 rings (SSSR count). The van der Waals surface area contributed by atoms with Gasteiger partial charge < -0.3 is 10.2 Å². The summed E-state index contributed by atoms with van der Waals surface area (Å²) < 4.78 is 27.1. The van der Waals surface area contributed by atoms with Gasteiger partial charge in [0.25, 0.3) is 10.0 Å². The van der Waals surface area contributed by atoms with E-state index in [0.717, 1.165) is 11.4 Å². The Morgan fingerprint density at radius 2 is 1.50 bits per heavy atom. The number of rotatable bonds is 6. The highest BCUT2D eigenvalue weighted by Gasteiger charge is 2.13. The monoisotopic (exact) mass is 368 g/mol. The molecule has 3 aromatic rings. The van der Waals surface area contributed by atoms with Crippen LogP contribution in [0.5, 0.6) is 0 Å². The van der Waals surface area contributed by atoms with Gasteiger partial charge in [0, 0.05) is 25.5 Å². The first kappa shape index (κ1) is 17.8. The van der Waals surface area contributed by atoms with Gasteiger partial charge in [-0.15, -0.1) is 0 Å². The predicted octanol–water partition coefficient (Wildman–Crippen LogP) is 3.69. The molecule has 1 heterocycles. The number of nitrogens with zero attached hydrogens (tertiary/aromatic N) is 2. The van der Waals surface area contributed by atoms with Gasteiger partial charge in [0.05, 0.1) is 16.8 Å². The van der Waals surface area contributed by atoms with E-state index in [-0.39, 0.29) is 4.90 Å². The van der Waals surface area contributed by atoms with Crippen LogP contribution in [0, 0.1) is 0 Å². The number of hydrogen-bond acceptors (Lipinski definition) is 5. The minimum absolute atomic E-state index is 0.211. The van der Waals surface area contributed by atoms with Crippen molar-refractivity contribution in [1.82, 2.24) is 4.98 Å². The van der Waals surface area contributed by atoms with E-state index < -0.39 is 10.0 Å². The van der Waals surface area contributed by atoms with Crippen LogP contribution in [0.25, 0.3) is 0 Å². The first-order valence-corrected chi connectivity index (χ1v) is 9.51. The zero-order chi connectivity index (χ0) is 18.6. The van der Waals surface area contributed by atoms with Gasteiger partial charge in [-0.25, -0.2) is 13.4 Å². The molecule has 0 spiro atoms. The second kappa shape index (κ2) is 7.45. The molecule has 0 saturated carbocycles. The van der Waals surface area contributed by atoms with E-state index in [1.807, 2.05) is 43.3 Å². The van der Waals surface area contributed by atoms with Gasteiger partial charge in [0.2, 0.25) is 0 Å². The van der Waals surface area contributed by atoms with Crippen molar-refractivity contribution in [3.8, 4) is 0 Å². The van der Waals surface area contributed by atoms with Gasteiger partial charge in [-0.1, -0.05) is 18.2 Å². The van der Waals surface area contributed by atoms with Gasteiger partial charge >= 0.3 is 0 Å². The highest BCUT2D eigenvalue weighted by atomic mass is 32.2. The Balaban J connectivity index is 1.69. The lowest BCUT2D eigenvalue weighted by Gasteiger charge is -2.13. The molecule has 7 heteroatoms. The number of hydrogen-bond donors (Lipinski definition) is 2. The van der Waals surface area contributed by atoms with E-state index in [1.54, 1.807) is 42.5 Å². The van der Waals surface area contributed by atoms with E-state index >= 15 is 0 Å². The second-order valence-electron chi connectivity index (χ2n) is 5.92. The quantitative estimate of drug-likeness (QED) is 0.694. The maximum Gasteiger partial charge on any atom is 0.261 e. The van der Waals surface area contributed by atoms with Crippen LogP contribution in [0.1, 0.15) is 0 Å². The largest absolute Gasteiger partial charge is 0.378 e. The van der Waals surface area contributed by atoms with Crippen LogP contribution in [0.2, 0.25) is 0 Å². The predicted molar refractivity (Wildman–Crippen MR) is 106 cm³/mol. The zero-order valence-electron chi connectivity index (χ0n) is 14.5. The molecule has 2 aromatic carbocycles. The number of aromatic nitrogens is 1. The summed E-state index contributed by atoms with van der Waals surface area (Å²) in [5.74, 6) is 0.630. The summed E-state index contributed by atoms with van der Waals surface area (Å²) in [5.41, 5.74) is 2.41. The fourth-order valence-electron chi connectivity index (χ4n) is 2.33. The highest BCUT2D eigenvalue weighted by Crippen LogP contribution is 2.21. The standard InChI is InChI=1S/C19H20N4O2S/c1-23(2)17-11-8-15(9-12-17)21-19-13-10-16(14-20-19)22-26(24,25)18-6-4-3-5-7-18/h3-14,22H,1-2H3,(H,20,21). The van der Waals surface area contributed by atoms with Gasteiger partial charge in [-0.3, -0.25) is 4.72 Å². The van der Waals surface area contributed by atoms with Crippen molar-refractivity contribution in [1.29, 1.82) is 0 Å². The minimum atomic E-state index is -3.61. The average Bonchev–Trinajstić information content (AvgIpc) is 2.64. The SMILES string of the molecule is CN(C)c1ccc(Nc2ccc(NS(=O)(=O)c3ccccc3)cn2)cc1. The third-order valence-corrected chi connectivity index (χ3v) is 5.12. The maximum absolute atomic E-state index is 12.3. The maximum atomic E-state index is 12.3. The van der Waals surface area contributed by atoms with Crippen molar-refractivity contribution in [2.75, 3.05) is 29.0 Å². The van der Waals surface area contributed by atoms with Crippen LogP contribution in [-0.2, 0) is 10.0 Å². The molecule has 6 nitrogen and oxygen atoms in total. The van der Waals surface area contributed by atoms with Crippen LogP contribution >= 0.6 is 0 Å². The molecule has 0 amide bonds. The summed E-state index contributed by atoms with van der Waals surface area (Å²) in [5, 5.41) is 3.18. The Kier molecular flexibility index (Phi) is 5.09. The Morgan fingerprint density at radius 1 is 0.846 bits per heavy atom. The fraction of sp³-hybridized carbons (Fsp3) is 0.105. The molecular weight excluding hydrogens is 348 g/mol. The number of benzene rings is 2. The normalized spacial score (nSPS) is 11.0. The third-order valence-electron chi connectivity index (χ3n) is 3.73. The van der Waals surface area contributed by atoms with Crippen LogP contribution in [0.3, 0.4) is 0 Å². The smallest absolute Gasteiger partial charge is 0.261 e. The summed E-state index contributed by atoms with van der Waals surface area (Å²) in [6.07, 6.45) is 1.48. The third kappa shape index (κ3) is 4.31. The lowest BCUT2D eigenvalue weighted by molar-refractivity contribution is 0.601. The van der Waals surface area contributed by atoms with Crippen molar-refractivity contribution in [2.24, 2.45) is 0 Å². The highest BCUT2D eigenvalue weighted by molar-refractivity contribution is 7.92. The number of anilines is 4. The molecule has 0 saturated heterocycles. The molecule has 0 aliphatic heterocycles. The van der Waals surface area contributed by atoms with Crippen molar-refractivity contribution in [2.45, 2.75) is 4.90 Å². The van der Waals surface area contributed by atoms with Gasteiger partial charge in [0.15, 0.2) is 0 Å². The summed E-state index contributed by atoms with van der Waals surface area (Å²) in [7, 11) is 0.358. The van der Waals surface area contributed by atoms with E-state index in [9.17, 15) is 8.42 Å². The van der Waals surface area contributed by atoms with Crippen LogP contribution in [0.15, 0.2) is 77.8 Å². The molecule has 134 valence electrons. The van der Waals surface area contributed by atoms with Crippen molar-refractivity contribution in [3.63, 3.8) is 0 Å². The first-order chi connectivity index (χ1) is 12.4. The van der Waals surface area contributed by atoms with E-state index in [4.69, 9.17) is 0 Å². The van der Waals surface area contributed by atoms with Crippen molar-refractivity contribution >= 4 is 32.9 Å². The molecule has 0 aliphatic carbocycles. The van der Waals surface area contributed by atoms with Gasteiger partial charge in [-0.05, 0) is 48.5 Å². The van der Waals surface area contributed by atoms with E-state index in [2.05, 4.69) is 15.0 Å². The summed E-state index contributed by atoms with van der Waals surface area (Å²) >= 11 is 0. The van der Waals surface area contributed by atoms with Crippen LogP contribution in [-0.4, -0.2) is 27.5 Å². The summed E-state index contributed by atoms with van der Waals surface area (Å²) in [6.45, 7) is 0. The molecule has 0 radical (unpaired) electrons. The number of nitrogens with one attached hydrogen (secondary N) is 2. The Hall–Kier alpha value is -3.06. The molecule has 0 bridgehead atoms. The molecule has 0 aliphatic rings. The zero-order valence-corrected chi connectivity index (χ0v) is 15.4. The van der Waals surface area contributed by atoms with E-state index in [0.29, 0.717) is 11.5 Å². The van der Waals surface area contributed by atoms with Crippen LogP contribution in [0.4, 0.5) is 22.9 Å². The molecule has 0 unspecified atom stereocenters. The van der Waals surface area contributed by atoms with Gasteiger partial charge in [-0.2, -0.15) is 0 Å². The van der Waals surface area contributed by atoms with Crippen molar-refractivity contribution in [3.05, 3.63) is 72.9 Å². The fourth-order valence-corrected chi connectivity index (χ4v) is 3.40. The van der Waals surface area contributed by atoms with Crippen molar-refractivity contribution < 1.29 is 8.42 Å². The second-order valence-corrected chi connectivity index (χ2v) is 7.60. The molecule has 1 aromatic heterocycles. The molecular formula is C19H20N4O2S. The van der Waals surface area contributed by atoms with E-state index in [1.165, 1.54) is 6.20 Å². The summed E-state index contributed by atoms with van der Waals surface area (Å²) in [4.78, 5) is 6.50. The number of pyridine rings is 1. The van der Waals surface area contributed by atoms with Crippen LogP contribution < -0.4 is 14.9 Å². The topological polar surface area (TPSA) is 74.3 Å². The Morgan fingerprint density at radius 3 is 2.08 bits per heavy atom. The lowest BCUT2D eigenvalue weighted by atomic mass is 10.2. The van der Waals surface area contributed by atoms with Gasteiger partial charge in [0.1, 0.15) is 5.82 Å². The molecule has 0 fully saturated rings. The average molecular weight is 368 g/mol. The Labute approximate surface area is 153 Å². The number of sulfonamides is 1. The molecule has 2 N–H and O–H groups in total.